The van der Waals surface area contributed by atoms with E-state index in [1.165, 1.54) is 11.3 Å². The Morgan fingerprint density at radius 1 is 0.923 bits per heavy atom. The first-order valence-electron chi connectivity index (χ1n) is 7.96. The third-order valence-electron chi connectivity index (χ3n) is 3.86. The molecule has 0 unspecified atom stereocenters. The van der Waals surface area contributed by atoms with Gasteiger partial charge >= 0.3 is 0 Å². The molecule has 0 aliphatic heterocycles. The van der Waals surface area contributed by atoms with Crippen LogP contribution in [0.1, 0.15) is 10.6 Å². The summed E-state index contributed by atoms with van der Waals surface area (Å²) in [5, 5.41) is 13.9. The predicted octanol–water partition coefficient (Wildman–Crippen LogP) is 4.04. The summed E-state index contributed by atoms with van der Waals surface area (Å²) in [5.74, 6) is 2.14. The second kappa shape index (κ2) is 6.97. The van der Waals surface area contributed by atoms with Crippen molar-refractivity contribution in [3.8, 4) is 22.9 Å². The Morgan fingerprint density at radius 3 is 2.50 bits per heavy atom. The number of hydrogen-bond donors (Lipinski definition) is 0. The number of methoxy groups -OCH3 is 2. The van der Waals surface area contributed by atoms with Crippen LogP contribution in [-0.4, -0.2) is 34.0 Å². The number of rotatable bonds is 5. The van der Waals surface area contributed by atoms with Crippen LogP contribution in [-0.2, 0) is 0 Å². The molecule has 7 heteroatoms. The van der Waals surface area contributed by atoms with E-state index < -0.39 is 0 Å². The van der Waals surface area contributed by atoms with Crippen molar-refractivity contribution in [3.63, 3.8) is 0 Å². The van der Waals surface area contributed by atoms with Gasteiger partial charge in [-0.25, -0.2) is 0 Å². The number of aromatic nitrogens is 4. The molecule has 26 heavy (non-hydrogen) atoms. The first kappa shape index (κ1) is 16.3. The van der Waals surface area contributed by atoms with Crippen LogP contribution in [0.15, 0.2) is 48.5 Å². The fourth-order valence-electron chi connectivity index (χ4n) is 2.59. The van der Waals surface area contributed by atoms with Crippen LogP contribution in [0.2, 0.25) is 0 Å². The molecule has 0 aliphatic carbocycles. The molecule has 0 amide bonds. The van der Waals surface area contributed by atoms with Gasteiger partial charge in [0.15, 0.2) is 17.3 Å². The summed E-state index contributed by atoms with van der Waals surface area (Å²) < 4.78 is 12.4. The van der Waals surface area contributed by atoms with Crippen molar-refractivity contribution in [2.75, 3.05) is 14.2 Å². The molecule has 6 nitrogen and oxygen atoms in total. The number of hydrogen-bond acceptors (Lipinski definition) is 6. The monoisotopic (exact) mass is 364 g/mol. The van der Waals surface area contributed by atoms with Crippen molar-refractivity contribution in [1.82, 2.24) is 19.8 Å². The first-order valence-corrected chi connectivity index (χ1v) is 8.78. The zero-order chi connectivity index (χ0) is 17.9. The van der Waals surface area contributed by atoms with Crippen LogP contribution < -0.4 is 9.47 Å². The van der Waals surface area contributed by atoms with Gasteiger partial charge in [0.2, 0.25) is 4.96 Å². The lowest BCUT2D eigenvalue weighted by atomic mass is 10.2. The van der Waals surface area contributed by atoms with E-state index in [0.717, 1.165) is 26.9 Å². The molecule has 0 N–H and O–H groups in total. The van der Waals surface area contributed by atoms with E-state index in [4.69, 9.17) is 9.47 Å². The molecule has 130 valence electrons. The summed E-state index contributed by atoms with van der Waals surface area (Å²) in [6, 6.07) is 15.7. The van der Waals surface area contributed by atoms with Gasteiger partial charge in [-0.3, -0.25) is 0 Å². The van der Waals surface area contributed by atoms with Gasteiger partial charge in [-0.15, -0.1) is 10.2 Å². The van der Waals surface area contributed by atoms with Crippen LogP contribution in [0.3, 0.4) is 0 Å². The molecule has 0 radical (unpaired) electrons. The van der Waals surface area contributed by atoms with E-state index in [2.05, 4.69) is 15.3 Å². The summed E-state index contributed by atoms with van der Waals surface area (Å²) in [7, 11) is 3.25. The van der Waals surface area contributed by atoms with Crippen LogP contribution in [0.5, 0.6) is 11.5 Å². The maximum Gasteiger partial charge on any atom is 0.235 e. The molecular formula is C19H16N4O2S. The van der Waals surface area contributed by atoms with Crippen LogP contribution in [0.4, 0.5) is 0 Å². The maximum atomic E-state index is 5.33. The normalized spacial score (nSPS) is 11.3. The van der Waals surface area contributed by atoms with Gasteiger partial charge in [0.1, 0.15) is 5.01 Å². The molecule has 0 aliphatic rings. The minimum atomic E-state index is 0.694. The molecule has 4 rings (SSSR count). The van der Waals surface area contributed by atoms with E-state index in [1.54, 1.807) is 18.7 Å². The van der Waals surface area contributed by atoms with E-state index in [1.807, 2.05) is 60.7 Å². The largest absolute Gasteiger partial charge is 0.493 e. The third-order valence-corrected chi connectivity index (χ3v) is 4.73. The molecule has 2 aromatic heterocycles. The Hall–Kier alpha value is -3.19. The fourth-order valence-corrected chi connectivity index (χ4v) is 3.33. The Kier molecular flexibility index (Phi) is 4.37. The lowest BCUT2D eigenvalue weighted by molar-refractivity contribution is 0.355. The Labute approximate surface area is 154 Å². The Balaban J connectivity index is 1.64. The highest BCUT2D eigenvalue weighted by Gasteiger charge is 2.12. The van der Waals surface area contributed by atoms with Crippen molar-refractivity contribution in [1.29, 1.82) is 0 Å². The zero-order valence-corrected chi connectivity index (χ0v) is 15.1. The van der Waals surface area contributed by atoms with E-state index in [0.29, 0.717) is 11.5 Å². The third kappa shape index (κ3) is 3.04. The van der Waals surface area contributed by atoms with Crippen LogP contribution in [0.25, 0.3) is 28.5 Å². The summed E-state index contributed by atoms with van der Waals surface area (Å²) in [5.41, 5.74) is 1.98. The van der Waals surface area contributed by atoms with Gasteiger partial charge in [-0.1, -0.05) is 53.8 Å². The number of nitrogens with zero attached hydrogens (tertiary/aromatic N) is 4. The summed E-state index contributed by atoms with van der Waals surface area (Å²) >= 11 is 1.49. The molecule has 2 aromatic carbocycles. The molecule has 0 bridgehead atoms. The Morgan fingerprint density at radius 2 is 1.73 bits per heavy atom. The average molecular weight is 364 g/mol. The second-order valence-corrected chi connectivity index (χ2v) is 6.46. The van der Waals surface area contributed by atoms with Gasteiger partial charge in [0, 0.05) is 5.56 Å². The number of fused-ring (bicyclic) bond motifs is 1. The van der Waals surface area contributed by atoms with Crippen molar-refractivity contribution in [2.45, 2.75) is 0 Å². The van der Waals surface area contributed by atoms with Crippen molar-refractivity contribution in [3.05, 3.63) is 59.1 Å². The topological polar surface area (TPSA) is 61.5 Å². The van der Waals surface area contributed by atoms with Gasteiger partial charge in [-0.2, -0.15) is 9.61 Å². The highest BCUT2D eigenvalue weighted by molar-refractivity contribution is 7.17. The fraction of sp³-hybridized carbons (Fsp3) is 0.105. The molecule has 4 aromatic rings. The smallest absolute Gasteiger partial charge is 0.235 e. The number of benzene rings is 2. The van der Waals surface area contributed by atoms with Crippen molar-refractivity contribution >= 4 is 28.4 Å². The van der Waals surface area contributed by atoms with Crippen LogP contribution in [0, 0.1) is 0 Å². The zero-order valence-electron chi connectivity index (χ0n) is 14.3. The lowest BCUT2D eigenvalue weighted by Gasteiger charge is -2.07. The minimum Gasteiger partial charge on any atom is -0.493 e. The van der Waals surface area contributed by atoms with E-state index in [9.17, 15) is 0 Å². The highest BCUT2D eigenvalue weighted by Crippen LogP contribution is 2.28. The van der Waals surface area contributed by atoms with Gasteiger partial charge in [0.05, 0.1) is 14.2 Å². The second-order valence-electron chi connectivity index (χ2n) is 5.47. The number of ether oxygens (including phenoxy) is 2. The summed E-state index contributed by atoms with van der Waals surface area (Å²) in [4.78, 5) is 0.760. The molecule has 0 saturated carbocycles. The molecule has 0 spiro atoms. The minimum absolute atomic E-state index is 0.694. The van der Waals surface area contributed by atoms with E-state index in [-0.39, 0.29) is 0 Å². The molecular weight excluding hydrogens is 348 g/mol. The molecule has 0 saturated heterocycles. The summed E-state index contributed by atoms with van der Waals surface area (Å²) in [6.45, 7) is 0. The molecule has 2 heterocycles. The van der Waals surface area contributed by atoms with E-state index >= 15 is 0 Å². The van der Waals surface area contributed by atoms with Gasteiger partial charge in [-0.05, 0) is 23.8 Å². The van der Waals surface area contributed by atoms with Crippen molar-refractivity contribution in [2.24, 2.45) is 0 Å². The quantitative estimate of drug-likeness (QED) is 0.535. The summed E-state index contributed by atoms with van der Waals surface area (Å²) in [6.07, 6.45) is 3.94. The predicted molar refractivity (Wildman–Crippen MR) is 103 cm³/mol. The SMILES string of the molecule is COc1ccc(C=Cc2nn3c(-c4ccccc4)nnc3s2)cc1OC. The standard InChI is InChI=1S/C19H16N4O2S/c1-24-15-10-8-13(12-16(15)25-2)9-11-17-22-23-18(20-21-19(23)26-17)14-6-4-3-5-7-14/h3-12H,1-2H3. The Bertz CT molecular complexity index is 1070. The molecule has 0 fully saturated rings. The highest BCUT2D eigenvalue weighted by atomic mass is 32.1. The van der Waals surface area contributed by atoms with Gasteiger partial charge < -0.3 is 9.47 Å². The molecule has 0 atom stereocenters. The van der Waals surface area contributed by atoms with Crippen molar-refractivity contribution < 1.29 is 9.47 Å². The van der Waals surface area contributed by atoms with Crippen LogP contribution >= 0.6 is 11.3 Å². The van der Waals surface area contributed by atoms with Gasteiger partial charge in [0.25, 0.3) is 0 Å². The average Bonchev–Trinajstić information content (AvgIpc) is 3.27. The first-order chi connectivity index (χ1) is 12.8. The maximum absolute atomic E-state index is 5.33. The lowest BCUT2D eigenvalue weighted by Crippen LogP contribution is -1.91.